The maximum absolute atomic E-state index is 15.2. The van der Waals surface area contributed by atoms with Crippen LogP contribution in [0, 0.1) is 17.0 Å². The van der Waals surface area contributed by atoms with E-state index in [9.17, 15) is 9.59 Å². The number of carbonyl (C=O) groups excluding carboxylic acids is 2. The van der Waals surface area contributed by atoms with E-state index in [1.807, 2.05) is 30.3 Å². The number of halogens is 2. The molecule has 0 aliphatic rings. The Bertz CT molecular complexity index is 1640. The van der Waals surface area contributed by atoms with Crippen molar-refractivity contribution in [3.8, 4) is 23.0 Å². The summed E-state index contributed by atoms with van der Waals surface area (Å²) < 4.78 is 57.1. The summed E-state index contributed by atoms with van der Waals surface area (Å²) in [5.41, 5.74) is 1.28. The van der Waals surface area contributed by atoms with Crippen LogP contribution < -0.4 is 24.8 Å². The van der Waals surface area contributed by atoms with Crippen molar-refractivity contribution in [3.63, 3.8) is 0 Å². The monoisotopic (exact) mass is 633 g/mol. The molecule has 0 bridgehead atoms. The maximum atomic E-state index is 15.2. The highest BCUT2D eigenvalue weighted by atomic mass is 19.1. The molecule has 0 aliphatic heterocycles. The van der Waals surface area contributed by atoms with Crippen molar-refractivity contribution in [1.29, 1.82) is 5.41 Å². The molecule has 2 amide bonds. The lowest BCUT2D eigenvalue weighted by atomic mass is 10.1. The lowest BCUT2D eigenvalue weighted by Crippen LogP contribution is -2.32. The fourth-order valence-electron chi connectivity index (χ4n) is 4.35. The summed E-state index contributed by atoms with van der Waals surface area (Å²) >= 11 is 0. The van der Waals surface area contributed by atoms with Gasteiger partial charge >= 0.3 is 6.09 Å². The number of methoxy groups -OCH3 is 2. The van der Waals surface area contributed by atoms with Gasteiger partial charge < -0.3 is 29.0 Å². The van der Waals surface area contributed by atoms with Crippen LogP contribution in [0.3, 0.4) is 0 Å². The number of amides is 2. The third kappa shape index (κ3) is 8.79. The Balaban J connectivity index is 1.36. The minimum absolute atomic E-state index is 0.00625. The molecule has 0 radical (unpaired) electrons. The topological polar surface area (TPSA) is 128 Å². The molecule has 240 valence electrons. The van der Waals surface area contributed by atoms with Gasteiger partial charge in [0.2, 0.25) is 0 Å². The molecule has 4 rings (SSSR count). The van der Waals surface area contributed by atoms with E-state index in [-0.39, 0.29) is 37.1 Å². The van der Waals surface area contributed by atoms with Crippen LogP contribution in [-0.2, 0) is 27.4 Å². The molecule has 0 aromatic heterocycles. The molecule has 10 nitrogen and oxygen atoms in total. The fraction of sp³-hybridized carbons (Fsp3) is 0.206. The first-order valence-corrected chi connectivity index (χ1v) is 14.2. The molecule has 3 N–H and O–H groups in total. The molecule has 0 fully saturated rings. The zero-order chi connectivity index (χ0) is 33.1. The fourth-order valence-corrected chi connectivity index (χ4v) is 4.35. The molecule has 1 unspecified atom stereocenters. The van der Waals surface area contributed by atoms with E-state index in [0.717, 1.165) is 17.7 Å². The van der Waals surface area contributed by atoms with E-state index in [4.69, 9.17) is 29.1 Å². The van der Waals surface area contributed by atoms with Crippen molar-refractivity contribution in [1.82, 2.24) is 10.6 Å². The lowest BCUT2D eigenvalue weighted by Gasteiger charge is -2.19. The molecule has 0 saturated heterocycles. The van der Waals surface area contributed by atoms with Gasteiger partial charge in [0.1, 0.15) is 35.6 Å². The van der Waals surface area contributed by atoms with Crippen molar-refractivity contribution in [2.24, 2.45) is 0 Å². The number of ether oxygens (including phenoxy) is 5. The Kier molecular flexibility index (Phi) is 11.6. The van der Waals surface area contributed by atoms with Crippen molar-refractivity contribution in [3.05, 3.63) is 119 Å². The highest BCUT2D eigenvalue weighted by molar-refractivity contribution is 6.04. The van der Waals surface area contributed by atoms with Crippen molar-refractivity contribution in [2.75, 3.05) is 20.8 Å². The SMILES string of the molecule is CCOC(C(=O)NCc1ccc(C(=N)NC(=O)OCc2ccccc2)cc1)c1c(F)cc(Oc2ccc(OC)c(OC)c2)cc1F. The molecular weight excluding hydrogens is 600 g/mol. The van der Waals surface area contributed by atoms with E-state index < -0.39 is 35.3 Å². The average Bonchev–Trinajstić information content (AvgIpc) is 3.06. The summed E-state index contributed by atoms with van der Waals surface area (Å²) in [6.07, 6.45) is -2.34. The number of benzene rings is 4. The Morgan fingerprint density at radius 1 is 0.826 bits per heavy atom. The van der Waals surface area contributed by atoms with E-state index in [0.29, 0.717) is 22.6 Å². The second kappa shape index (κ2) is 16.0. The van der Waals surface area contributed by atoms with E-state index >= 15 is 8.78 Å². The zero-order valence-electron chi connectivity index (χ0n) is 25.4. The quantitative estimate of drug-likeness (QED) is 0.115. The molecule has 4 aromatic rings. The van der Waals surface area contributed by atoms with E-state index in [2.05, 4.69) is 10.6 Å². The Labute approximate surface area is 264 Å². The molecule has 0 aliphatic carbocycles. The molecule has 0 saturated carbocycles. The lowest BCUT2D eigenvalue weighted by molar-refractivity contribution is -0.133. The first-order valence-electron chi connectivity index (χ1n) is 14.2. The highest BCUT2D eigenvalue weighted by Crippen LogP contribution is 2.35. The predicted octanol–water partition coefficient (Wildman–Crippen LogP) is 6.42. The van der Waals surface area contributed by atoms with Gasteiger partial charge in [0.15, 0.2) is 17.6 Å². The standard InChI is InChI=1S/C34H33F2N3O7/c1-4-44-31(30-26(35)16-25(17-27(30)36)46-24-14-15-28(42-2)29(18-24)43-3)33(40)38-19-21-10-12-23(13-11-21)32(37)39-34(41)45-20-22-8-6-5-7-9-22/h5-18,31H,4,19-20H2,1-3H3,(H,38,40)(H2,37,39,41). The van der Waals surface area contributed by atoms with Gasteiger partial charge in [-0.1, -0.05) is 54.6 Å². The summed E-state index contributed by atoms with van der Waals surface area (Å²) in [6, 6.07) is 22.1. The first kappa shape index (κ1) is 33.4. The van der Waals surface area contributed by atoms with Crippen molar-refractivity contribution in [2.45, 2.75) is 26.2 Å². The molecular formula is C34H33F2N3O7. The number of alkyl carbamates (subject to hydrolysis) is 1. The predicted molar refractivity (Wildman–Crippen MR) is 165 cm³/mol. The van der Waals surface area contributed by atoms with Gasteiger partial charge in [-0.15, -0.1) is 0 Å². The molecule has 0 heterocycles. The summed E-state index contributed by atoms with van der Waals surface area (Å²) in [5.74, 6) is -2.04. The van der Waals surface area contributed by atoms with E-state index in [1.165, 1.54) is 20.3 Å². The number of amidine groups is 1. The molecule has 12 heteroatoms. The number of hydrogen-bond acceptors (Lipinski definition) is 8. The number of rotatable bonds is 13. The minimum atomic E-state index is -1.57. The Hall–Kier alpha value is -5.49. The second-order valence-corrected chi connectivity index (χ2v) is 9.73. The molecule has 0 spiro atoms. The van der Waals surface area contributed by atoms with Crippen LogP contribution in [0.2, 0.25) is 0 Å². The van der Waals surface area contributed by atoms with Crippen LogP contribution in [0.1, 0.15) is 35.3 Å². The van der Waals surface area contributed by atoms with Crippen LogP contribution in [0.25, 0.3) is 0 Å². The largest absolute Gasteiger partial charge is 0.493 e. The smallest absolute Gasteiger partial charge is 0.413 e. The molecule has 1 atom stereocenters. The van der Waals surface area contributed by atoms with Crippen LogP contribution in [0.5, 0.6) is 23.0 Å². The number of hydrogen-bond donors (Lipinski definition) is 3. The van der Waals surface area contributed by atoms with Crippen LogP contribution in [-0.4, -0.2) is 38.7 Å². The van der Waals surface area contributed by atoms with Gasteiger partial charge in [-0.2, -0.15) is 0 Å². The zero-order valence-corrected chi connectivity index (χ0v) is 25.4. The summed E-state index contributed by atoms with van der Waals surface area (Å²) in [7, 11) is 2.92. The van der Waals surface area contributed by atoms with Crippen molar-refractivity contribution < 1.29 is 42.1 Å². The van der Waals surface area contributed by atoms with Crippen LogP contribution >= 0.6 is 0 Å². The van der Waals surface area contributed by atoms with Gasteiger partial charge in [0.05, 0.1) is 19.8 Å². The number of carbonyl (C=O) groups is 2. The number of nitrogens with one attached hydrogen (secondary N) is 3. The third-order valence-electron chi connectivity index (χ3n) is 6.63. The summed E-state index contributed by atoms with van der Waals surface area (Å²) in [6.45, 7) is 1.68. The van der Waals surface area contributed by atoms with E-state index in [1.54, 1.807) is 43.3 Å². The van der Waals surface area contributed by atoms with Gasteiger partial charge in [-0.25, -0.2) is 13.6 Å². The van der Waals surface area contributed by atoms with Crippen LogP contribution in [0.4, 0.5) is 13.6 Å². The maximum Gasteiger partial charge on any atom is 0.413 e. The molecule has 46 heavy (non-hydrogen) atoms. The van der Waals surface area contributed by atoms with Gasteiger partial charge in [0.25, 0.3) is 5.91 Å². The summed E-state index contributed by atoms with van der Waals surface area (Å²) in [4.78, 5) is 25.1. The van der Waals surface area contributed by atoms with Crippen molar-refractivity contribution >= 4 is 17.8 Å². The average molecular weight is 634 g/mol. The first-order chi connectivity index (χ1) is 22.2. The third-order valence-corrected chi connectivity index (χ3v) is 6.63. The minimum Gasteiger partial charge on any atom is -0.493 e. The molecule has 4 aromatic carbocycles. The van der Waals surface area contributed by atoms with Crippen LogP contribution in [0.15, 0.2) is 84.9 Å². The highest BCUT2D eigenvalue weighted by Gasteiger charge is 2.28. The Morgan fingerprint density at radius 2 is 1.50 bits per heavy atom. The van der Waals surface area contributed by atoms with Gasteiger partial charge in [-0.3, -0.25) is 15.5 Å². The normalized spacial score (nSPS) is 11.2. The second-order valence-electron chi connectivity index (χ2n) is 9.73. The van der Waals surface area contributed by atoms with Gasteiger partial charge in [-0.05, 0) is 30.2 Å². The van der Waals surface area contributed by atoms with Gasteiger partial charge in [0, 0.05) is 36.9 Å². The Morgan fingerprint density at radius 3 is 2.13 bits per heavy atom. The summed E-state index contributed by atoms with van der Waals surface area (Å²) in [5, 5.41) is 13.1.